The molecule has 0 aliphatic carbocycles. The van der Waals surface area contributed by atoms with Crippen LogP contribution < -0.4 is 14.8 Å². The molecule has 1 rings (SSSR count). The van der Waals surface area contributed by atoms with Crippen LogP contribution in [-0.2, 0) is 16.0 Å². The van der Waals surface area contributed by atoms with E-state index in [0.29, 0.717) is 18.0 Å². The molecule has 6 heteroatoms. The van der Waals surface area contributed by atoms with E-state index in [9.17, 15) is 9.59 Å². The predicted molar refractivity (Wildman–Crippen MR) is 82.2 cm³/mol. The number of ether oxygens (including phenoxy) is 2. The number of benzene rings is 1. The van der Waals surface area contributed by atoms with E-state index >= 15 is 0 Å². The lowest BCUT2D eigenvalue weighted by Crippen LogP contribution is -2.36. The van der Waals surface area contributed by atoms with Crippen LogP contribution in [0.25, 0.3) is 0 Å². The zero-order valence-electron chi connectivity index (χ0n) is 13.4. The van der Waals surface area contributed by atoms with Gasteiger partial charge in [0.15, 0.2) is 11.5 Å². The van der Waals surface area contributed by atoms with Crippen LogP contribution >= 0.6 is 0 Å². The molecule has 0 bridgehead atoms. The molecule has 0 saturated heterocycles. The number of rotatable bonds is 8. The van der Waals surface area contributed by atoms with Crippen molar-refractivity contribution in [1.29, 1.82) is 0 Å². The van der Waals surface area contributed by atoms with E-state index in [1.165, 1.54) is 6.92 Å². The van der Waals surface area contributed by atoms with Gasteiger partial charge in [0.1, 0.15) is 5.92 Å². The van der Waals surface area contributed by atoms with Gasteiger partial charge in [-0.1, -0.05) is 13.0 Å². The summed E-state index contributed by atoms with van der Waals surface area (Å²) in [6.07, 6.45) is 0.738. The van der Waals surface area contributed by atoms with Gasteiger partial charge in [-0.05, 0) is 37.0 Å². The zero-order chi connectivity index (χ0) is 16.7. The van der Waals surface area contributed by atoms with Gasteiger partial charge in [0.25, 0.3) is 0 Å². The minimum Gasteiger partial charge on any atom is -0.493 e. The van der Waals surface area contributed by atoms with Crippen molar-refractivity contribution in [2.45, 2.75) is 20.3 Å². The molecule has 0 spiro atoms. The number of carbonyl (C=O) groups is 2. The standard InChI is InChI=1S/C16H23NO5/c1-10(9-17-15(18)11(2)16(19)20)7-12-5-6-13(21-3)14(8-12)22-4/h5-6,8,10-11H,7,9H2,1-4H3,(H,17,18)(H,19,20). The first kappa shape index (κ1) is 17.8. The largest absolute Gasteiger partial charge is 0.493 e. The third-order valence-electron chi connectivity index (χ3n) is 3.42. The minimum atomic E-state index is -1.12. The Hall–Kier alpha value is -2.24. The van der Waals surface area contributed by atoms with Gasteiger partial charge in [-0.2, -0.15) is 0 Å². The lowest BCUT2D eigenvalue weighted by Gasteiger charge is -2.15. The molecular formula is C16H23NO5. The highest BCUT2D eigenvalue weighted by atomic mass is 16.5. The van der Waals surface area contributed by atoms with Gasteiger partial charge in [-0.25, -0.2) is 0 Å². The van der Waals surface area contributed by atoms with Crippen molar-refractivity contribution >= 4 is 11.9 Å². The molecular weight excluding hydrogens is 286 g/mol. The van der Waals surface area contributed by atoms with Crippen molar-refractivity contribution in [3.8, 4) is 11.5 Å². The van der Waals surface area contributed by atoms with Crippen molar-refractivity contribution in [3.05, 3.63) is 23.8 Å². The van der Waals surface area contributed by atoms with Crippen LogP contribution in [0.3, 0.4) is 0 Å². The fraction of sp³-hybridized carbons (Fsp3) is 0.500. The Bertz CT molecular complexity index is 529. The maximum absolute atomic E-state index is 11.6. The first-order valence-corrected chi connectivity index (χ1v) is 7.10. The van der Waals surface area contributed by atoms with Crippen LogP contribution in [0.5, 0.6) is 11.5 Å². The van der Waals surface area contributed by atoms with Crippen LogP contribution in [0.2, 0.25) is 0 Å². The average Bonchev–Trinajstić information content (AvgIpc) is 2.51. The second-order valence-corrected chi connectivity index (χ2v) is 5.30. The third kappa shape index (κ3) is 4.95. The Kier molecular flexibility index (Phi) is 6.69. The number of hydrogen-bond donors (Lipinski definition) is 2. The molecule has 0 aromatic heterocycles. The molecule has 1 amide bonds. The molecule has 1 aromatic rings. The van der Waals surface area contributed by atoms with Crippen LogP contribution in [0, 0.1) is 11.8 Å². The summed E-state index contributed by atoms with van der Waals surface area (Å²) < 4.78 is 10.4. The molecule has 2 N–H and O–H groups in total. The molecule has 0 heterocycles. The molecule has 0 saturated carbocycles. The Balaban J connectivity index is 2.56. The van der Waals surface area contributed by atoms with E-state index in [-0.39, 0.29) is 5.92 Å². The summed E-state index contributed by atoms with van der Waals surface area (Å²) >= 11 is 0. The van der Waals surface area contributed by atoms with E-state index in [1.807, 2.05) is 25.1 Å². The molecule has 0 fully saturated rings. The smallest absolute Gasteiger partial charge is 0.315 e. The fourth-order valence-electron chi connectivity index (χ4n) is 2.02. The molecule has 0 radical (unpaired) electrons. The maximum Gasteiger partial charge on any atom is 0.315 e. The van der Waals surface area contributed by atoms with Gasteiger partial charge in [0, 0.05) is 6.54 Å². The van der Waals surface area contributed by atoms with Crippen LogP contribution in [0.4, 0.5) is 0 Å². The monoisotopic (exact) mass is 309 g/mol. The number of carboxylic acid groups (broad SMARTS) is 1. The highest BCUT2D eigenvalue weighted by Crippen LogP contribution is 2.28. The lowest BCUT2D eigenvalue weighted by atomic mass is 10.0. The zero-order valence-corrected chi connectivity index (χ0v) is 13.4. The van der Waals surface area contributed by atoms with Gasteiger partial charge in [-0.3, -0.25) is 9.59 Å². The normalized spacial score (nSPS) is 13.1. The van der Waals surface area contributed by atoms with Crippen molar-refractivity contribution < 1.29 is 24.2 Å². The van der Waals surface area contributed by atoms with E-state index in [1.54, 1.807) is 14.2 Å². The van der Waals surface area contributed by atoms with Crippen molar-refractivity contribution in [2.75, 3.05) is 20.8 Å². The Morgan fingerprint density at radius 2 is 1.82 bits per heavy atom. The second kappa shape index (κ2) is 8.26. The fourth-order valence-corrected chi connectivity index (χ4v) is 2.02. The molecule has 22 heavy (non-hydrogen) atoms. The highest BCUT2D eigenvalue weighted by Gasteiger charge is 2.20. The third-order valence-corrected chi connectivity index (χ3v) is 3.42. The van der Waals surface area contributed by atoms with Crippen molar-refractivity contribution in [2.24, 2.45) is 11.8 Å². The summed E-state index contributed by atoms with van der Waals surface area (Å²) in [6.45, 7) is 3.78. The highest BCUT2D eigenvalue weighted by molar-refractivity contribution is 5.96. The lowest BCUT2D eigenvalue weighted by molar-refractivity contribution is -0.146. The minimum absolute atomic E-state index is 0.169. The van der Waals surface area contributed by atoms with E-state index in [2.05, 4.69) is 5.32 Å². The molecule has 2 atom stereocenters. The van der Waals surface area contributed by atoms with Crippen LogP contribution in [0.15, 0.2) is 18.2 Å². The first-order valence-electron chi connectivity index (χ1n) is 7.10. The van der Waals surface area contributed by atoms with E-state index in [0.717, 1.165) is 12.0 Å². The van der Waals surface area contributed by atoms with Gasteiger partial charge in [-0.15, -0.1) is 0 Å². The number of hydrogen-bond acceptors (Lipinski definition) is 4. The summed E-state index contributed by atoms with van der Waals surface area (Å²) in [5, 5.41) is 11.4. The summed E-state index contributed by atoms with van der Waals surface area (Å²) in [5.41, 5.74) is 1.06. The number of nitrogens with one attached hydrogen (secondary N) is 1. The summed E-state index contributed by atoms with van der Waals surface area (Å²) in [6, 6.07) is 5.68. The SMILES string of the molecule is COc1ccc(CC(C)CNC(=O)C(C)C(=O)O)cc1OC. The summed E-state index contributed by atoms with van der Waals surface area (Å²) in [5.74, 6) is -1.12. The van der Waals surface area contributed by atoms with Crippen LogP contribution in [0.1, 0.15) is 19.4 Å². The molecule has 0 aliphatic heterocycles. The van der Waals surface area contributed by atoms with E-state index in [4.69, 9.17) is 14.6 Å². The molecule has 6 nitrogen and oxygen atoms in total. The maximum atomic E-state index is 11.6. The number of carbonyl (C=O) groups excluding carboxylic acids is 1. The summed E-state index contributed by atoms with van der Waals surface area (Å²) in [7, 11) is 3.16. The Morgan fingerprint density at radius 3 is 2.36 bits per heavy atom. The Morgan fingerprint density at radius 1 is 1.18 bits per heavy atom. The topological polar surface area (TPSA) is 84.9 Å². The van der Waals surface area contributed by atoms with Gasteiger partial charge in [0.2, 0.25) is 5.91 Å². The van der Waals surface area contributed by atoms with Crippen molar-refractivity contribution in [3.63, 3.8) is 0 Å². The number of aliphatic carboxylic acids is 1. The molecule has 2 unspecified atom stereocenters. The number of carboxylic acids is 1. The van der Waals surface area contributed by atoms with Gasteiger partial charge >= 0.3 is 5.97 Å². The number of amides is 1. The first-order chi connectivity index (χ1) is 10.4. The molecule has 122 valence electrons. The number of methoxy groups -OCH3 is 2. The summed E-state index contributed by atoms with van der Waals surface area (Å²) in [4.78, 5) is 22.3. The second-order valence-electron chi connectivity index (χ2n) is 5.30. The quantitative estimate of drug-likeness (QED) is 0.714. The van der Waals surface area contributed by atoms with E-state index < -0.39 is 17.8 Å². The average molecular weight is 309 g/mol. The Labute approximate surface area is 130 Å². The van der Waals surface area contributed by atoms with Crippen LogP contribution in [-0.4, -0.2) is 37.7 Å². The predicted octanol–water partition coefficient (Wildman–Crippen LogP) is 1.72. The molecule has 0 aliphatic rings. The van der Waals surface area contributed by atoms with Gasteiger partial charge < -0.3 is 19.9 Å². The van der Waals surface area contributed by atoms with Gasteiger partial charge in [0.05, 0.1) is 14.2 Å². The van der Waals surface area contributed by atoms with Crippen molar-refractivity contribution in [1.82, 2.24) is 5.32 Å². The molecule has 1 aromatic carbocycles.